The lowest BCUT2D eigenvalue weighted by Gasteiger charge is -2.17. The first kappa shape index (κ1) is 24.4. The van der Waals surface area contributed by atoms with Crippen molar-refractivity contribution in [1.82, 2.24) is 10.6 Å². The summed E-state index contributed by atoms with van der Waals surface area (Å²) in [5.74, 6) is 0.267. The number of nitrogens with zero attached hydrogens (tertiary/aromatic N) is 1. The lowest BCUT2D eigenvalue weighted by atomic mass is 10.0. The van der Waals surface area contributed by atoms with Crippen molar-refractivity contribution in [3.8, 4) is 11.5 Å². The molecular weight excluding hydrogens is 382 g/mol. The van der Waals surface area contributed by atoms with Crippen LogP contribution in [0.15, 0.2) is 6.07 Å². The zero-order chi connectivity index (χ0) is 22.0. The predicted octanol–water partition coefficient (Wildman–Crippen LogP) is 0.997. The van der Waals surface area contributed by atoms with E-state index in [1.54, 1.807) is 19.9 Å². The minimum Gasteiger partial charge on any atom is -0.507 e. The van der Waals surface area contributed by atoms with Crippen molar-refractivity contribution in [1.29, 1.82) is 0 Å². The number of hydrogen-bond donors (Lipinski definition) is 4. The number of aryl methyl sites for hydroxylation is 1. The average molecular weight is 413 g/mol. The number of ether oxygens (including phenoxy) is 1. The van der Waals surface area contributed by atoms with Gasteiger partial charge >= 0.3 is 0 Å². The van der Waals surface area contributed by atoms with Gasteiger partial charge in [-0.15, -0.1) is 10.1 Å². The van der Waals surface area contributed by atoms with Crippen molar-refractivity contribution >= 4 is 5.91 Å². The number of rotatable bonds is 13. The van der Waals surface area contributed by atoms with E-state index in [9.17, 15) is 25.1 Å². The summed E-state index contributed by atoms with van der Waals surface area (Å²) in [5, 5.41) is 34.9. The lowest BCUT2D eigenvalue weighted by Crippen LogP contribution is -2.38. The van der Waals surface area contributed by atoms with Gasteiger partial charge in [0.15, 0.2) is 0 Å². The molecule has 4 N–H and O–H groups in total. The molecule has 2 unspecified atom stereocenters. The second-order valence-corrected chi connectivity index (χ2v) is 7.00. The molecule has 1 rings (SSSR count). The van der Waals surface area contributed by atoms with E-state index < -0.39 is 17.1 Å². The summed E-state index contributed by atoms with van der Waals surface area (Å²) in [6.45, 7) is 8.20. The molecule has 1 amide bonds. The standard InChI is InChI=1S/C19H31N3O7/c1-12(5-8-29-22(26)27)19(25)21-7-6-20-10-16(23)11-28-17-9-13(2)18(24)15(4)14(17)3/h9,12,16,20,23-24H,5-8,10-11H2,1-4H3,(H,21,25). The molecule has 29 heavy (non-hydrogen) atoms. The fourth-order valence-electron chi connectivity index (χ4n) is 2.58. The number of aliphatic hydroxyl groups excluding tert-OH is 1. The van der Waals surface area contributed by atoms with Crippen LogP contribution in [0.25, 0.3) is 0 Å². The highest BCUT2D eigenvalue weighted by molar-refractivity contribution is 5.78. The highest BCUT2D eigenvalue weighted by atomic mass is 16.9. The number of amides is 1. The molecule has 0 fully saturated rings. The Morgan fingerprint density at radius 1 is 1.28 bits per heavy atom. The molecule has 0 radical (unpaired) electrons. The van der Waals surface area contributed by atoms with Crippen LogP contribution in [0.2, 0.25) is 0 Å². The molecule has 10 nitrogen and oxygen atoms in total. The largest absolute Gasteiger partial charge is 0.507 e. The number of aliphatic hydroxyl groups is 1. The Morgan fingerprint density at radius 2 is 1.97 bits per heavy atom. The second kappa shape index (κ2) is 12.1. The maximum atomic E-state index is 11.8. The van der Waals surface area contributed by atoms with Gasteiger partial charge in [-0.1, -0.05) is 6.92 Å². The summed E-state index contributed by atoms with van der Waals surface area (Å²) in [6, 6.07) is 1.74. The Hall–Kier alpha value is -2.59. The second-order valence-electron chi connectivity index (χ2n) is 7.00. The number of aromatic hydroxyl groups is 1. The topological polar surface area (TPSA) is 143 Å². The molecule has 0 aromatic heterocycles. The van der Waals surface area contributed by atoms with Crippen LogP contribution in [-0.2, 0) is 9.63 Å². The third-order valence-corrected chi connectivity index (χ3v) is 4.62. The van der Waals surface area contributed by atoms with E-state index >= 15 is 0 Å². The third kappa shape index (κ3) is 8.53. The van der Waals surface area contributed by atoms with E-state index in [1.807, 2.05) is 13.8 Å². The Morgan fingerprint density at radius 3 is 2.62 bits per heavy atom. The van der Waals surface area contributed by atoms with Crippen molar-refractivity contribution in [2.45, 2.75) is 40.2 Å². The monoisotopic (exact) mass is 413 g/mol. The van der Waals surface area contributed by atoms with Crippen LogP contribution >= 0.6 is 0 Å². The van der Waals surface area contributed by atoms with Gasteiger partial charge in [0.05, 0.1) is 6.61 Å². The van der Waals surface area contributed by atoms with Crippen molar-refractivity contribution in [3.05, 3.63) is 32.9 Å². The quantitative estimate of drug-likeness (QED) is 0.213. The first-order valence-electron chi connectivity index (χ1n) is 9.49. The summed E-state index contributed by atoms with van der Waals surface area (Å²) in [4.78, 5) is 26.1. The van der Waals surface area contributed by atoms with Crippen LogP contribution < -0.4 is 15.4 Å². The van der Waals surface area contributed by atoms with Gasteiger partial charge in [-0.3, -0.25) is 4.79 Å². The molecule has 164 valence electrons. The van der Waals surface area contributed by atoms with Gasteiger partial charge in [0.1, 0.15) is 24.2 Å². The number of hydrogen-bond acceptors (Lipinski definition) is 8. The highest BCUT2D eigenvalue weighted by Gasteiger charge is 2.14. The molecule has 0 aliphatic heterocycles. The van der Waals surface area contributed by atoms with E-state index in [4.69, 9.17) is 4.74 Å². The van der Waals surface area contributed by atoms with E-state index in [2.05, 4.69) is 15.5 Å². The lowest BCUT2D eigenvalue weighted by molar-refractivity contribution is -0.758. The molecular formula is C19H31N3O7. The molecule has 0 heterocycles. The fourth-order valence-corrected chi connectivity index (χ4v) is 2.58. The van der Waals surface area contributed by atoms with Gasteiger partial charge in [-0.05, 0) is 49.9 Å². The van der Waals surface area contributed by atoms with Gasteiger partial charge in [0, 0.05) is 25.6 Å². The number of carbonyl (C=O) groups excluding carboxylic acids is 1. The van der Waals surface area contributed by atoms with Gasteiger partial charge in [0.2, 0.25) is 5.91 Å². The van der Waals surface area contributed by atoms with Crippen LogP contribution in [0, 0.1) is 36.8 Å². The number of benzene rings is 1. The summed E-state index contributed by atoms with van der Waals surface area (Å²) < 4.78 is 5.67. The minimum atomic E-state index is -0.880. The third-order valence-electron chi connectivity index (χ3n) is 4.62. The molecule has 0 spiro atoms. The van der Waals surface area contributed by atoms with E-state index in [-0.39, 0.29) is 37.8 Å². The molecule has 0 aliphatic rings. The van der Waals surface area contributed by atoms with Gasteiger partial charge < -0.3 is 30.4 Å². The van der Waals surface area contributed by atoms with Crippen molar-refractivity contribution in [3.63, 3.8) is 0 Å². The first-order valence-corrected chi connectivity index (χ1v) is 9.49. The van der Waals surface area contributed by atoms with Gasteiger partial charge in [-0.2, -0.15) is 0 Å². The minimum absolute atomic E-state index is 0.0946. The van der Waals surface area contributed by atoms with Gasteiger partial charge in [-0.25, -0.2) is 0 Å². The van der Waals surface area contributed by atoms with Crippen molar-refractivity contribution in [2.75, 3.05) is 32.8 Å². The molecule has 1 aromatic rings. The number of phenolic OH excluding ortho intramolecular Hbond substituents is 1. The van der Waals surface area contributed by atoms with E-state index in [1.165, 1.54) is 0 Å². The molecule has 0 saturated carbocycles. The number of phenols is 1. The Bertz CT molecular complexity index is 697. The molecule has 0 bridgehead atoms. The van der Waals surface area contributed by atoms with E-state index in [0.29, 0.717) is 24.4 Å². The Labute approximate surface area is 170 Å². The molecule has 2 atom stereocenters. The summed E-state index contributed by atoms with van der Waals surface area (Å²) in [5.41, 5.74) is 2.29. The maximum Gasteiger partial charge on any atom is 0.294 e. The van der Waals surface area contributed by atoms with Crippen LogP contribution in [0.4, 0.5) is 0 Å². The van der Waals surface area contributed by atoms with Crippen LogP contribution in [0.5, 0.6) is 11.5 Å². The van der Waals surface area contributed by atoms with Crippen LogP contribution in [0.1, 0.15) is 30.0 Å². The summed E-state index contributed by atoms with van der Waals surface area (Å²) in [6.07, 6.45) is -0.482. The maximum absolute atomic E-state index is 11.8. The Kier molecular flexibility index (Phi) is 10.2. The SMILES string of the molecule is Cc1cc(OCC(O)CNCCNC(=O)C(C)CCO[N+](=O)[O-])c(C)c(C)c1O. The molecule has 1 aromatic carbocycles. The zero-order valence-electron chi connectivity index (χ0n) is 17.4. The average Bonchev–Trinajstić information content (AvgIpc) is 2.67. The predicted molar refractivity (Wildman–Crippen MR) is 106 cm³/mol. The normalized spacial score (nSPS) is 12.9. The first-order chi connectivity index (χ1) is 13.6. The van der Waals surface area contributed by atoms with Crippen LogP contribution in [-0.4, -0.2) is 60.2 Å². The Balaban J connectivity index is 2.22. The smallest absolute Gasteiger partial charge is 0.294 e. The molecule has 0 aliphatic carbocycles. The van der Waals surface area contributed by atoms with Gasteiger partial charge in [0.25, 0.3) is 5.09 Å². The number of carbonyl (C=O) groups is 1. The molecule has 0 saturated heterocycles. The fraction of sp³-hybridized carbons (Fsp3) is 0.632. The molecule has 10 heteroatoms. The van der Waals surface area contributed by atoms with E-state index in [0.717, 1.165) is 11.1 Å². The summed E-state index contributed by atoms with van der Waals surface area (Å²) in [7, 11) is 0. The van der Waals surface area contributed by atoms with Crippen molar-refractivity contribution in [2.24, 2.45) is 5.92 Å². The zero-order valence-corrected chi connectivity index (χ0v) is 17.4. The van der Waals surface area contributed by atoms with Crippen molar-refractivity contribution < 1.29 is 29.7 Å². The summed E-state index contributed by atoms with van der Waals surface area (Å²) >= 11 is 0. The van der Waals surface area contributed by atoms with Crippen LogP contribution in [0.3, 0.4) is 0 Å². The number of nitrogens with one attached hydrogen (secondary N) is 2. The highest BCUT2D eigenvalue weighted by Crippen LogP contribution is 2.31.